The predicted octanol–water partition coefficient (Wildman–Crippen LogP) is 0.0693. The summed E-state index contributed by atoms with van der Waals surface area (Å²) in [7, 11) is 0. The number of nitrogens with two attached hydrogens (primary N) is 1. The summed E-state index contributed by atoms with van der Waals surface area (Å²) in [6.07, 6.45) is 1.29. The van der Waals surface area contributed by atoms with Crippen molar-refractivity contribution in [3.63, 3.8) is 0 Å². The maximum absolute atomic E-state index is 9.29. The van der Waals surface area contributed by atoms with Gasteiger partial charge < -0.3 is 10.8 Å². The van der Waals surface area contributed by atoms with Crippen LogP contribution in [0.5, 0.6) is 0 Å². The van der Waals surface area contributed by atoms with Gasteiger partial charge >= 0.3 is 0 Å². The summed E-state index contributed by atoms with van der Waals surface area (Å²) in [5.41, 5.74) is 7.69. The van der Waals surface area contributed by atoms with Crippen LogP contribution < -0.4 is 5.73 Å². The summed E-state index contributed by atoms with van der Waals surface area (Å²) in [6.45, 7) is 2.53. The fourth-order valence-electron chi connectivity index (χ4n) is 2.01. The Labute approximate surface area is 77.1 Å². The Bertz CT molecular complexity index is 302. The lowest BCUT2D eigenvalue weighted by molar-refractivity contribution is 0.0200. The van der Waals surface area contributed by atoms with Gasteiger partial charge in [0.1, 0.15) is 0 Å². The minimum atomic E-state index is -0.194. The molecule has 1 saturated carbocycles. The molecule has 4 nitrogen and oxygen atoms in total. The van der Waals surface area contributed by atoms with E-state index in [2.05, 4.69) is 10.2 Å². The number of aromatic amines is 1. The highest BCUT2D eigenvalue weighted by atomic mass is 16.3. The summed E-state index contributed by atoms with van der Waals surface area (Å²) < 4.78 is 0. The van der Waals surface area contributed by atoms with Gasteiger partial charge in [0.05, 0.1) is 11.8 Å². The van der Waals surface area contributed by atoms with Gasteiger partial charge in [-0.25, -0.2) is 0 Å². The first-order chi connectivity index (χ1) is 6.16. The Morgan fingerprint density at radius 2 is 2.46 bits per heavy atom. The maximum Gasteiger partial charge on any atom is 0.0701 e. The summed E-state index contributed by atoms with van der Waals surface area (Å²) >= 11 is 0. The van der Waals surface area contributed by atoms with Gasteiger partial charge in [-0.2, -0.15) is 5.10 Å². The van der Waals surface area contributed by atoms with Gasteiger partial charge in [0.2, 0.25) is 0 Å². The lowest BCUT2D eigenvalue weighted by atomic mass is 9.65. The molecule has 0 bridgehead atoms. The molecule has 4 N–H and O–H groups in total. The number of rotatable bonds is 2. The second kappa shape index (κ2) is 2.82. The second-order valence-electron chi connectivity index (χ2n) is 3.98. The largest absolute Gasteiger partial charge is 0.393 e. The molecule has 72 valence electrons. The number of nitrogens with zero attached hydrogens (tertiary/aromatic N) is 1. The van der Waals surface area contributed by atoms with Gasteiger partial charge in [0.15, 0.2) is 0 Å². The minimum Gasteiger partial charge on any atom is -0.393 e. The van der Waals surface area contributed by atoms with Crippen LogP contribution in [-0.2, 0) is 5.41 Å². The summed E-state index contributed by atoms with van der Waals surface area (Å²) in [5, 5.41) is 16.4. The fourth-order valence-corrected chi connectivity index (χ4v) is 2.01. The van der Waals surface area contributed by atoms with Crippen molar-refractivity contribution in [3.05, 3.63) is 17.5 Å². The number of hydrogen-bond acceptors (Lipinski definition) is 3. The predicted molar refractivity (Wildman–Crippen MR) is 49.3 cm³/mol. The molecule has 2 rings (SSSR count). The highest BCUT2D eigenvalue weighted by Gasteiger charge is 2.45. The molecule has 0 saturated heterocycles. The first kappa shape index (κ1) is 8.72. The van der Waals surface area contributed by atoms with Gasteiger partial charge in [-0.3, -0.25) is 5.10 Å². The molecule has 0 aromatic carbocycles. The van der Waals surface area contributed by atoms with Crippen molar-refractivity contribution in [3.8, 4) is 0 Å². The maximum atomic E-state index is 9.29. The molecular formula is C9H15N3O. The van der Waals surface area contributed by atoms with E-state index in [4.69, 9.17) is 5.73 Å². The first-order valence-corrected chi connectivity index (χ1v) is 4.57. The van der Waals surface area contributed by atoms with Crippen LogP contribution in [0.2, 0.25) is 0 Å². The molecule has 4 heteroatoms. The number of aliphatic hydroxyl groups excluding tert-OH is 1. The molecule has 1 fully saturated rings. The highest BCUT2D eigenvalue weighted by Crippen LogP contribution is 2.42. The van der Waals surface area contributed by atoms with Crippen LogP contribution in [0.25, 0.3) is 0 Å². The molecule has 0 radical (unpaired) electrons. The zero-order valence-corrected chi connectivity index (χ0v) is 7.75. The third kappa shape index (κ3) is 1.26. The van der Waals surface area contributed by atoms with Crippen molar-refractivity contribution in [2.45, 2.75) is 31.3 Å². The summed E-state index contributed by atoms with van der Waals surface area (Å²) in [5.74, 6) is 0. The molecule has 1 aliphatic rings. The Hall–Kier alpha value is -0.870. The van der Waals surface area contributed by atoms with Crippen molar-refractivity contribution < 1.29 is 5.11 Å². The normalized spacial score (nSPS) is 33.0. The SMILES string of the molecule is Cc1cc(C2(CN)CC(O)C2)n[nH]1. The van der Waals surface area contributed by atoms with Crippen LogP contribution in [0.3, 0.4) is 0 Å². The Morgan fingerprint density at radius 3 is 2.85 bits per heavy atom. The number of H-pyrrole nitrogens is 1. The van der Waals surface area contributed by atoms with Crippen molar-refractivity contribution in [2.75, 3.05) is 6.54 Å². The average molecular weight is 181 g/mol. The molecule has 1 heterocycles. The van der Waals surface area contributed by atoms with E-state index in [-0.39, 0.29) is 11.5 Å². The van der Waals surface area contributed by atoms with E-state index in [1.165, 1.54) is 0 Å². The van der Waals surface area contributed by atoms with E-state index in [9.17, 15) is 5.11 Å². The second-order valence-corrected chi connectivity index (χ2v) is 3.98. The monoisotopic (exact) mass is 181 g/mol. The van der Waals surface area contributed by atoms with E-state index in [0.29, 0.717) is 6.54 Å². The number of aryl methyl sites for hydroxylation is 1. The molecule has 0 unspecified atom stereocenters. The van der Waals surface area contributed by atoms with E-state index < -0.39 is 0 Å². The zero-order valence-electron chi connectivity index (χ0n) is 7.75. The van der Waals surface area contributed by atoms with E-state index in [0.717, 1.165) is 24.2 Å². The third-order valence-electron chi connectivity index (χ3n) is 2.89. The first-order valence-electron chi connectivity index (χ1n) is 4.57. The number of nitrogens with one attached hydrogen (secondary N) is 1. The molecule has 0 amide bonds. The molecular weight excluding hydrogens is 166 g/mol. The van der Waals surface area contributed by atoms with Crippen molar-refractivity contribution in [1.29, 1.82) is 0 Å². The van der Waals surface area contributed by atoms with Crippen molar-refractivity contribution in [1.82, 2.24) is 10.2 Å². The molecule has 13 heavy (non-hydrogen) atoms. The van der Waals surface area contributed by atoms with Gasteiger partial charge in [-0.15, -0.1) is 0 Å². The van der Waals surface area contributed by atoms with Crippen LogP contribution in [0, 0.1) is 6.92 Å². The molecule has 1 aromatic heterocycles. The van der Waals surface area contributed by atoms with Crippen molar-refractivity contribution in [2.24, 2.45) is 5.73 Å². The van der Waals surface area contributed by atoms with Gasteiger partial charge in [0.25, 0.3) is 0 Å². The van der Waals surface area contributed by atoms with Gasteiger partial charge in [0, 0.05) is 17.7 Å². The molecule has 1 aliphatic carbocycles. The molecule has 1 aromatic rings. The fraction of sp³-hybridized carbons (Fsp3) is 0.667. The summed E-state index contributed by atoms with van der Waals surface area (Å²) in [6, 6.07) is 2.01. The average Bonchev–Trinajstić information content (AvgIpc) is 2.46. The summed E-state index contributed by atoms with van der Waals surface area (Å²) in [4.78, 5) is 0. The standard InChI is InChI=1S/C9H15N3O/c1-6-2-8(12-11-6)9(5-10)3-7(13)4-9/h2,7,13H,3-5,10H2,1H3,(H,11,12). The molecule has 0 spiro atoms. The topological polar surface area (TPSA) is 74.9 Å². The van der Waals surface area contributed by atoms with Crippen LogP contribution in [0.15, 0.2) is 6.07 Å². The number of aliphatic hydroxyl groups is 1. The highest BCUT2D eigenvalue weighted by molar-refractivity contribution is 5.24. The van der Waals surface area contributed by atoms with E-state index in [1.807, 2.05) is 13.0 Å². The van der Waals surface area contributed by atoms with Crippen molar-refractivity contribution >= 4 is 0 Å². The van der Waals surface area contributed by atoms with E-state index >= 15 is 0 Å². The smallest absolute Gasteiger partial charge is 0.0701 e. The third-order valence-corrected chi connectivity index (χ3v) is 2.89. The van der Waals surface area contributed by atoms with E-state index in [1.54, 1.807) is 0 Å². The molecule has 0 atom stereocenters. The Balaban J connectivity index is 2.23. The van der Waals surface area contributed by atoms with Gasteiger partial charge in [-0.05, 0) is 25.8 Å². The lowest BCUT2D eigenvalue weighted by Crippen LogP contribution is -2.50. The Morgan fingerprint density at radius 1 is 1.77 bits per heavy atom. The quantitative estimate of drug-likeness (QED) is 0.604. The minimum absolute atomic E-state index is 0.0653. The lowest BCUT2D eigenvalue weighted by Gasteiger charge is -2.43. The Kier molecular flexibility index (Phi) is 1.89. The van der Waals surface area contributed by atoms with Crippen LogP contribution >= 0.6 is 0 Å². The number of aromatic nitrogens is 2. The van der Waals surface area contributed by atoms with Crippen LogP contribution in [0.4, 0.5) is 0 Å². The molecule has 0 aliphatic heterocycles. The van der Waals surface area contributed by atoms with Crippen LogP contribution in [0.1, 0.15) is 24.2 Å². The number of hydrogen-bond donors (Lipinski definition) is 3. The van der Waals surface area contributed by atoms with Crippen LogP contribution in [-0.4, -0.2) is 28.0 Å². The van der Waals surface area contributed by atoms with Gasteiger partial charge in [-0.1, -0.05) is 0 Å². The zero-order chi connectivity index (χ0) is 9.47.